The quantitative estimate of drug-likeness (QED) is 0.327. The Hall–Kier alpha value is -0.900. The number of guanidine groups is 1. The van der Waals surface area contributed by atoms with Crippen LogP contribution in [-0.4, -0.2) is 67.6 Å². The minimum Gasteiger partial charge on any atom is -0.383 e. The minimum atomic E-state index is -0.849. The third kappa shape index (κ3) is 6.33. The van der Waals surface area contributed by atoms with Gasteiger partial charge in [-0.3, -0.25) is 0 Å². The van der Waals surface area contributed by atoms with Gasteiger partial charge in [0.2, 0.25) is 0 Å². The molecule has 6 nitrogen and oxygen atoms in total. The molecule has 0 amide bonds. The topological polar surface area (TPSA) is 66.3 Å². The number of likely N-dealkylation sites (tertiary alicyclic amines) is 1. The van der Waals surface area contributed by atoms with Crippen LogP contribution in [0.3, 0.4) is 0 Å². The maximum atomic E-state index is 11.2. The van der Waals surface area contributed by atoms with E-state index in [1.165, 1.54) is 18.4 Å². The molecule has 2 fully saturated rings. The van der Waals surface area contributed by atoms with Crippen molar-refractivity contribution in [2.45, 2.75) is 69.7 Å². The van der Waals surface area contributed by atoms with Gasteiger partial charge in [0.15, 0.2) is 5.96 Å². The van der Waals surface area contributed by atoms with Crippen LogP contribution in [0.4, 0.5) is 0 Å². The van der Waals surface area contributed by atoms with E-state index >= 15 is 0 Å². The van der Waals surface area contributed by atoms with E-state index in [1.807, 2.05) is 18.2 Å². The third-order valence-electron chi connectivity index (χ3n) is 6.69. The van der Waals surface area contributed by atoms with E-state index in [0.29, 0.717) is 12.6 Å². The second kappa shape index (κ2) is 11.8. The molecule has 4 rings (SSSR count). The predicted octanol–water partition coefficient (Wildman–Crippen LogP) is 3.45. The monoisotopic (exact) mass is 543 g/mol. The summed E-state index contributed by atoms with van der Waals surface area (Å²) in [7, 11) is 0. The molecule has 0 aromatic heterocycles. The first-order chi connectivity index (χ1) is 14.7. The van der Waals surface area contributed by atoms with Crippen LogP contribution in [0.25, 0.3) is 0 Å². The number of aliphatic hydroxyl groups is 1. The molecule has 2 atom stereocenters. The first-order valence-corrected chi connectivity index (χ1v) is 11.7. The van der Waals surface area contributed by atoms with Gasteiger partial charge in [-0.1, -0.05) is 24.3 Å². The normalized spacial score (nSPS) is 27.0. The van der Waals surface area contributed by atoms with Gasteiger partial charge in [0, 0.05) is 26.2 Å². The van der Waals surface area contributed by atoms with Crippen molar-refractivity contribution in [3.63, 3.8) is 0 Å². The predicted molar refractivity (Wildman–Crippen MR) is 134 cm³/mol. The zero-order chi connectivity index (χ0) is 20.8. The number of benzene rings is 1. The van der Waals surface area contributed by atoms with Gasteiger partial charge < -0.3 is 24.8 Å². The average Bonchev–Trinajstić information content (AvgIpc) is 3.14. The van der Waals surface area contributed by atoms with Crippen molar-refractivity contribution in [1.29, 1.82) is 0 Å². The number of nitrogens with zero attached hydrogens (tertiary/aromatic N) is 2. The molecule has 1 aromatic carbocycles. The lowest BCUT2D eigenvalue weighted by atomic mass is 9.96. The number of halogens is 1. The summed E-state index contributed by atoms with van der Waals surface area (Å²) in [5.41, 5.74) is 1.44. The number of aryl methyl sites for hydroxylation is 1. The summed E-state index contributed by atoms with van der Waals surface area (Å²) in [5.74, 6) is 0.907. The van der Waals surface area contributed by atoms with Crippen LogP contribution in [0.5, 0.6) is 0 Å². The lowest BCUT2D eigenvalue weighted by Crippen LogP contribution is -2.47. The zero-order valence-corrected chi connectivity index (χ0v) is 21.1. The fourth-order valence-electron chi connectivity index (χ4n) is 4.88. The summed E-state index contributed by atoms with van der Waals surface area (Å²) in [6.07, 6.45) is 7.83. The van der Waals surface area contributed by atoms with Crippen LogP contribution >= 0.6 is 24.0 Å². The number of ether oxygens (including phenoxy) is 2. The SMILES string of the molecule is CCNC(=NCC1(O)CCc2ccccc21)N1CCC(OCC2CCCCO2)CC1.I. The van der Waals surface area contributed by atoms with Crippen LogP contribution in [-0.2, 0) is 21.5 Å². The van der Waals surface area contributed by atoms with Gasteiger partial charge in [-0.25, -0.2) is 4.99 Å². The average molecular weight is 543 g/mol. The first kappa shape index (κ1) is 24.7. The Kier molecular flexibility index (Phi) is 9.43. The van der Waals surface area contributed by atoms with Crippen molar-refractivity contribution in [3.8, 4) is 0 Å². The molecular weight excluding hydrogens is 505 g/mol. The van der Waals surface area contributed by atoms with E-state index in [4.69, 9.17) is 14.5 Å². The Labute approximate surface area is 203 Å². The molecule has 1 aliphatic carbocycles. The molecule has 7 heteroatoms. The molecule has 0 saturated carbocycles. The van der Waals surface area contributed by atoms with E-state index in [1.54, 1.807) is 0 Å². The maximum Gasteiger partial charge on any atom is 0.194 e. The highest BCUT2D eigenvalue weighted by atomic mass is 127. The third-order valence-corrected chi connectivity index (χ3v) is 6.69. The van der Waals surface area contributed by atoms with Gasteiger partial charge in [0.25, 0.3) is 0 Å². The number of fused-ring (bicyclic) bond motifs is 1. The van der Waals surface area contributed by atoms with Gasteiger partial charge in [-0.15, -0.1) is 24.0 Å². The second-order valence-corrected chi connectivity index (χ2v) is 8.87. The number of nitrogens with one attached hydrogen (secondary N) is 1. The molecule has 1 aromatic rings. The summed E-state index contributed by atoms with van der Waals surface area (Å²) in [6.45, 7) is 6.78. The number of piperidine rings is 1. The standard InChI is InChI=1S/C24H37N3O3.HI/c1-2-25-23(26-18-24(28)13-10-19-7-3-4-9-22(19)24)27-14-11-20(12-15-27)30-17-21-8-5-6-16-29-21;/h3-4,7,9,20-21,28H,2,5-6,8,10-18H2,1H3,(H,25,26);1H. The molecule has 2 N–H and O–H groups in total. The van der Waals surface area contributed by atoms with Gasteiger partial charge in [-0.2, -0.15) is 0 Å². The molecule has 2 unspecified atom stereocenters. The molecule has 174 valence electrons. The fourth-order valence-corrected chi connectivity index (χ4v) is 4.88. The lowest BCUT2D eigenvalue weighted by molar-refractivity contribution is -0.0721. The number of rotatable bonds is 6. The van der Waals surface area contributed by atoms with E-state index in [-0.39, 0.29) is 30.1 Å². The highest BCUT2D eigenvalue weighted by Gasteiger charge is 2.36. The molecule has 31 heavy (non-hydrogen) atoms. The van der Waals surface area contributed by atoms with Crippen molar-refractivity contribution in [1.82, 2.24) is 10.2 Å². The molecular formula is C24H38IN3O3. The van der Waals surface area contributed by atoms with E-state index in [2.05, 4.69) is 23.2 Å². The largest absolute Gasteiger partial charge is 0.383 e. The van der Waals surface area contributed by atoms with Gasteiger partial charge in [0.05, 0.1) is 25.4 Å². The Morgan fingerprint density at radius 3 is 2.81 bits per heavy atom. The van der Waals surface area contributed by atoms with E-state index < -0.39 is 5.60 Å². The number of aliphatic imine (C=N–C) groups is 1. The van der Waals surface area contributed by atoms with Crippen molar-refractivity contribution in [2.75, 3.05) is 39.4 Å². The summed E-state index contributed by atoms with van der Waals surface area (Å²) in [4.78, 5) is 7.17. The fraction of sp³-hybridized carbons (Fsp3) is 0.708. The van der Waals surface area contributed by atoms with Crippen molar-refractivity contribution >= 4 is 29.9 Å². The van der Waals surface area contributed by atoms with Crippen LogP contribution < -0.4 is 5.32 Å². The second-order valence-electron chi connectivity index (χ2n) is 8.87. The van der Waals surface area contributed by atoms with Crippen LogP contribution in [0, 0.1) is 0 Å². The van der Waals surface area contributed by atoms with Gasteiger partial charge in [-0.05, 0) is 63.0 Å². The maximum absolute atomic E-state index is 11.2. The number of hydrogen-bond acceptors (Lipinski definition) is 4. The van der Waals surface area contributed by atoms with Crippen LogP contribution in [0.1, 0.15) is 56.6 Å². The summed E-state index contributed by atoms with van der Waals surface area (Å²) < 4.78 is 11.9. The highest BCUT2D eigenvalue weighted by Crippen LogP contribution is 2.37. The summed E-state index contributed by atoms with van der Waals surface area (Å²) >= 11 is 0. The first-order valence-electron chi connectivity index (χ1n) is 11.7. The van der Waals surface area contributed by atoms with Gasteiger partial charge >= 0.3 is 0 Å². The minimum absolute atomic E-state index is 0. The van der Waals surface area contributed by atoms with E-state index in [9.17, 15) is 5.11 Å². The van der Waals surface area contributed by atoms with Crippen LogP contribution in [0.15, 0.2) is 29.3 Å². The summed E-state index contributed by atoms with van der Waals surface area (Å²) in [5, 5.41) is 14.6. The van der Waals surface area contributed by atoms with Crippen LogP contribution in [0.2, 0.25) is 0 Å². The highest BCUT2D eigenvalue weighted by molar-refractivity contribution is 14.0. The smallest absolute Gasteiger partial charge is 0.194 e. The molecule has 0 radical (unpaired) electrons. The Morgan fingerprint density at radius 2 is 2.06 bits per heavy atom. The summed E-state index contributed by atoms with van der Waals surface area (Å²) in [6, 6.07) is 8.21. The molecule has 2 aliphatic heterocycles. The lowest BCUT2D eigenvalue weighted by Gasteiger charge is -2.35. The molecule has 2 heterocycles. The molecule has 2 saturated heterocycles. The molecule has 3 aliphatic rings. The molecule has 0 bridgehead atoms. The van der Waals surface area contributed by atoms with Crippen molar-refractivity contribution in [2.24, 2.45) is 4.99 Å². The Balaban J connectivity index is 0.00000272. The molecule has 0 spiro atoms. The van der Waals surface area contributed by atoms with E-state index in [0.717, 1.165) is 76.5 Å². The Bertz CT molecular complexity index is 718. The Morgan fingerprint density at radius 1 is 1.26 bits per heavy atom. The van der Waals surface area contributed by atoms with Crippen molar-refractivity contribution < 1.29 is 14.6 Å². The van der Waals surface area contributed by atoms with Crippen molar-refractivity contribution in [3.05, 3.63) is 35.4 Å². The number of hydrogen-bond donors (Lipinski definition) is 2. The zero-order valence-electron chi connectivity index (χ0n) is 18.7. The van der Waals surface area contributed by atoms with Gasteiger partial charge in [0.1, 0.15) is 5.60 Å².